The number of rotatable bonds is 0. The lowest BCUT2D eigenvalue weighted by atomic mass is 10.3. The van der Waals surface area contributed by atoms with Crippen molar-refractivity contribution in [1.29, 1.82) is 0 Å². The average Bonchev–Trinajstić information content (AvgIpc) is 2.00. The Morgan fingerprint density at radius 2 is 1.60 bits per heavy atom. The fraction of sp³-hybridized carbons (Fsp3) is 0. The number of aromatic hydroxyl groups is 1. The Labute approximate surface area is 67.6 Å². The van der Waals surface area contributed by atoms with Crippen LogP contribution in [-0.4, -0.2) is 11.9 Å². The molecule has 0 unspecified atom stereocenters. The van der Waals surface area contributed by atoms with Crippen molar-refractivity contribution in [2.45, 2.75) is 0 Å². The second kappa shape index (κ2) is 4.99. The fourth-order valence-corrected chi connectivity index (χ4v) is 0.705. The quantitative estimate of drug-likeness (QED) is 0.699. The van der Waals surface area contributed by atoms with Gasteiger partial charge in [-0.2, -0.15) is 0 Å². The largest absolute Gasteiger partial charge is 0.508 e. The summed E-state index contributed by atoms with van der Waals surface area (Å²) < 4.78 is 0.982. The summed E-state index contributed by atoms with van der Waals surface area (Å²) in [5.74, 6) is 0.299. The number of phenols is 1. The molecule has 0 aliphatic carbocycles. The van der Waals surface area contributed by atoms with Crippen LogP contribution in [0.25, 0.3) is 0 Å². The van der Waals surface area contributed by atoms with Gasteiger partial charge in [0.15, 0.2) is 0 Å². The summed E-state index contributed by atoms with van der Waals surface area (Å²) in [5.41, 5.74) is 0. The number of carbonyl (C=O) groups excluding carboxylic acids is 1. The minimum Gasteiger partial charge on any atom is -0.508 e. The van der Waals surface area contributed by atoms with E-state index in [0.29, 0.717) is 5.75 Å². The summed E-state index contributed by atoms with van der Waals surface area (Å²) in [6.07, 6.45) is 0. The van der Waals surface area contributed by atoms with E-state index in [0.717, 1.165) is 4.47 Å². The molecule has 0 heterocycles. The van der Waals surface area contributed by atoms with Crippen molar-refractivity contribution < 1.29 is 9.90 Å². The Morgan fingerprint density at radius 3 is 1.90 bits per heavy atom. The zero-order chi connectivity index (χ0) is 7.98. The molecule has 0 aromatic heterocycles. The van der Waals surface area contributed by atoms with E-state index in [-0.39, 0.29) is 0 Å². The molecule has 0 bridgehead atoms. The summed E-state index contributed by atoms with van der Waals surface area (Å²) in [6.45, 7) is 2.00. The highest BCUT2D eigenvalue weighted by atomic mass is 79.9. The van der Waals surface area contributed by atoms with E-state index in [1.165, 1.54) is 0 Å². The number of phenolic OH excluding ortho intramolecular Hbond substituents is 1. The van der Waals surface area contributed by atoms with Gasteiger partial charge in [0.2, 0.25) is 0 Å². The molecule has 10 heavy (non-hydrogen) atoms. The Balaban J connectivity index is 0.000000371. The number of hydrogen-bond donors (Lipinski definition) is 1. The first kappa shape index (κ1) is 9.17. The third-order valence-corrected chi connectivity index (χ3v) is 1.36. The standard InChI is InChI=1S/C6H5BrO.CH2O/c7-5-1-3-6(8)4-2-5;1-2/h1-4,8H;1H2. The van der Waals surface area contributed by atoms with E-state index in [9.17, 15) is 0 Å². The van der Waals surface area contributed by atoms with Crippen molar-refractivity contribution >= 4 is 22.7 Å². The van der Waals surface area contributed by atoms with Crippen LogP contribution in [0.5, 0.6) is 5.75 Å². The van der Waals surface area contributed by atoms with Crippen LogP contribution in [0, 0.1) is 0 Å². The molecule has 0 aliphatic rings. The maximum absolute atomic E-state index is 8.74. The Morgan fingerprint density at radius 1 is 1.20 bits per heavy atom. The number of halogens is 1. The topological polar surface area (TPSA) is 37.3 Å². The highest BCUT2D eigenvalue weighted by Crippen LogP contribution is 2.13. The van der Waals surface area contributed by atoms with E-state index in [2.05, 4.69) is 15.9 Å². The van der Waals surface area contributed by atoms with Gasteiger partial charge in [-0.1, -0.05) is 15.9 Å². The minimum atomic E-state index is 0.299. The van der Waals surface area contributed by atoms with Gasteiger partial charge in [0.25, 0.3) is 0 Å². The van der Waals surface area contributed by atoms with Crippen LogP contribution in [0.1, 0.15) is 0 Å². The van der Waals surface area contributed by atoms with Gasteiger partial charge >= 0.3 is 0 Å². The predicted octanol–water partition coefficient (Wildman–Crippen LogP) is 1.97. The molecule has 54 valence electrons. The van der Waals surface area contributed by atoms with Crippen LogP contribution in [0.3, 0.4) is 0 Å². The van der Waals surface area contributed by atoms with Crippen LogP contribution in [0.4, 0.5) is 0 Å². The highest BCUT2D eigenvalue weighted by Gasteiger charge is 1.83. The van der Waals surface area contributed by atoms with Gasteiger partial charge in [0.1, 0.15) is 12.5 Å². The van der Waals surface area contributed by atoms with Gasteiger partial charge in [0.05, 0.1) is 0 Å². The van der Waals surface area contributed by atoms with Crippen molar-refractivity contribution in [3.05, 3.63) is 28.7 Å². The molecule has 0 saturated carbocycles. The molecular formula is C7H7BrO2. The van der Waals surface area contributed by atoms with E-state index in [1.807, 2.05) is 6.79 Å². The van der Waals surface area contributed by atoms with Crippen LogP contribution >= 0.6 is 15.9 Å². The van der Waals surface area contributed by atoms with E-state index in [4.69, 9.17) is 9.90 Å². The molecule has 0 atom stereocenters. The Hall–Kier alpha value is -0.830. The zero-order valence-electron chi connectivity index (χ0n) is 5.25. The van der Waals surface area contributed by atoms with Gasteiger partial charge in [-0.25, -0.2) is 0 Å². The molecule has 1 aromatic rings. The van der Waals surface area contributed by atoms with Crippen LogP contribution in [-0.2, 0) is 4.79 Å². The molecule has 1 aromatic carbocycles. The number of benzene rings is 1. The van der Waals surface area contributed by atoms with Crippen molar-refractivity contribution in [2.75, 3.05) is 0 Å². The third kappa shape index (κ3) is 3.25. The lowest BCUT2D eigenvalue weighted by Crippen LogP contribution is -1.61. The maximum Gasteiger partial charge on any atom is 0.115 e. The fourth-order valence-electron chi connectivity index (χ4n) is 0.441. The summed E-state index contributed by atoms with van der Waals surface area (Å²) in [7, 11) is 0. The van der Waals surface area contributed by atoms with Crippen LogP contribution in [0.2, 0.25) is 0 Å². The predicted molar refractivity (Wildman–Crippen MR) is 42.9 cm³/mol. The van der Waals surface area contributed by atoms with Crippen molar-refractivity contribution in [3.8, 4) is 5.75 Å². The first-order chi connectivity index (χ1) is 4.79. The highest BCUT2D eigenvalue weighted by molar-refractivity contribution is 9.10. The molecule has 1 rings (SSSR count). The monoisotopic (exact) mass is 202 g/mol. The van der Waals surface area contributed by atoms with Crippen molar-refractivity contribution in [1.82, 2.24) is 0 Å². The first-order valence-electron chi connectivity index (χ1n) is 2.52. The molecule has 0 saturated heterocycles. The van der Waals surface area contributed by atoms with Crippen molar-refractivity contribution in [3.63, 3.8) is 0 Å². The second-order valence-electron chi connectivity index (χ2n) is 1.48. The summed E-state index contributed by atoms with van der Waals surface area (Å²) in [4.78, 5) is 8.00. The van der Waals surface area contributed by atoms with Gasteiger partial charge < -0.3 is 9.90 Å². The first-order valence-corrected chi connectivity index (χ1v) is 3.32. The number of hydrogen-bond acceptors (Lipinski definition) is 2. The second-order valence-corrected chi connectivity index (χ2v) is 2.39. The third-order valence-electron chi connectivity index (χ3n) is 0.827. The summed E-state index contributed by atoms with van der Waals surface area (Å²) in [5, 5.41) is 8.74. The Kier molecular flexibility index (Phi) is 4.58. The SMILES string of the molecule is C=O.Oc1ccc(Br)cc1. The molecular weight excluding hydrogens is 196 g/mol. The van der Waals surface area contributed by atoms with Gasteiger partial charge in [-0.15, -0.1) is 0 Å². The van der Waals surface area contributed by atoms with Gasteiger partial charge in [0, 0.05) is 4.47 Å². The van der Waals surface area contributed by atoms with E-state index >= 15 is 0 Å². The average molecular weight is 203 g/mol. The normalized spacial score (nSPS) is 7.70. The smallest absolute Gasteiger partial charge is 0.115 e. The van der Waals surface area contributed by atoms with Gasteiger partial charge in [-0.05, 0) is 24.3 Å². The molecule has 2 nitrogen and oxygen atoms in total. The van der Waals surface area contributed by atoms with Crippen molar-refractivity contribution in [2.24, 2.45) is 0 Å². The molecule has 0 fully saturated rings. The van der Waals surface area contributed by atoms with Crippen LogP contribution < -0.4 is 0 Å². The maximum atomic E-state index is 8.74. The van der Waals surface area contributed by atoms with E-state index in [1.54, 1.807) is 24.3 Å². The zero-order valence-corrected chi connectivity index (χ0v) is 6.84. The summed E-state index contributed by atoms with van der Waals surface area (Å²) >= 11 is 3.23. The lowest BCUT2D eigenvalue weighted by molar-refractivity contribution is -0.0979. The Bertz CT molecular complexity index is 162. The molecule has 0 radical (unpaired) electrons. The molecule has 0 amide bonds. The van der Waals surface area contributed by atoms with Crippen LogP contribution in [0.15, 0.2) is 28.7 Å². The summed E-state index contributed by atoms with van der Waals surface area (Å²) in [6, 6.07) is 6.83. The molecule has 0 aliphatic heterocycles. The number of carbonyl (C=O) groups is 1. The molecule has 3 heteroatoms. The lowest BCUT2D eigenvalue weighted by Gasteiger charge is -1.87. The van der Waals surface area contributed by atoms with Gasteiger partial charge in [-0.3, -0.25) is 0 Å². The molecule has 1 N–H and O–H groups in total. The minimum absolute atomic E-state index is 0.299. The van der Waals surface area contributed by atoms with E-state index < -0.39 is 0 Å². The molecule has 0 spiro atoms.